The topological polar surface area (TPSA) is 0 Å². The van der Waals surface area contributed by atoms with E-state index in [4.69, 9.17) is 0 Å². The van der Waals surface area contributed by atoms with E-state index in [0.29, 0.717) is 0 Å². The van der Waals surface area contributed by atoms with Crippen molar-refractivity contribution < 1.29 is 16.3 Å². The van der Waals surface area contributed by atoms with Gasteiger partial charge in [-0.25, -0.2) is 0 Å². The van der Waals surface area contributed by atoms with Gasteiger partial charge in [-0.3, -0.25) is 0 Å². The second kappa shape index (κ2) is 25.1. The monoisotopic (exact) mass is 396 g/mol. The van der Waals surface area contributed by atoms with Gasteiger partial charge < -0.3 is 6.92 Å². The Kier molecular flexibility index (Phi) is 29.3. The molecule has 2 heteroatoms. The van der Waals surface area contributed by atoms with Crippen LogP contribution in [0.25, 0.3) is 0 Å². The fourth-order valence-corrected chi connectivity index (χ4v) is 2.55. The van der Waals surface area contributed by atoms with E-state index in [9.17, 15) is 0 Å². The molecule has 0 spiro atoms. The Balaban J connectivity index is 0. The molecule has 0 rings (SSSR count). The second-order valence-electron chi connectivity index (χ2n) is 5.80. The molecule has 0 saturated carbocycles. The van der Waals surface area contributed by atoms with Gasteiger partial charge in [0, 0.05) is 0 Å². The van der Waals surface area contributed by atoms with Crippen LogP contribution in [-0.2, 0) is 16.3 Å². The van der Waals surface area contributed by atoms with Gasteiger partial charge in [0.1, 0.15) is 0 Å². The molecule has 0 saturated heterocycles. The number of rotatable bonds is 15. The minimum atomic E-state index is 1.12. The van der Waals surface area contributed by atoms with E-state index in [0.717, 1.165) is 6.42 Å². The van der Waals surface area contributed by atoms with Crippen LogP contribution in [0.5, 0.6) is 0 Å². The first-order chi connectivity index (χ1) is 9.91. The third kappa shape index (κ3) is 24.1. The van der Waals surface area contributed by atoms with Crippen LogP contribution in [0.2, 0.25) is 0 Å². The number of hydrogen-bond donors (Lipinski definition) is 0. The summed E-state index contributed by atoms with van der Waals surface area (Å²) in [7, 11) is 0. The van der Waals surface area contributed by atoms with Crippen LogP contribution in [-0.4, -0.2) is 0 Å². The molecule has 0 atom stereocenters. The quantitative estimate of drug-likeness (QED) is 0.149. The van der Waals surface area contributed by atoms with Crippen molar-refractivity contribution in [3.8, 4) is 0 Å². The van der Waals surface area contributed by atoms with Gasteiger partial charge in [-0.15, -0.1) is 0 Å². The number of hydrogen-bond acceptors (Lipinski definition) is 0. The van der Waals surface area contributed by atoms with Crippen LogP contribution in [0, 0.1) is 6.92 Å². The van der Waals surface area contributed by atoms with Crippen molar-refractivity contribution >= 4 is 13.6 Å². The van der Waals surface area contributed by atoms with E-state index in [-0.39, 0.29) is 0 Å². The molecule has 0 aliphatic carbocycles. The summed E-state index contributed by atoms with van der Waals surface area (Å²) in [5.41, 5.74) is 0. The Morgan fingerprint density at radius 1 is 0.550 bits per heavy atom. The molecular weight excluding hydrogens is 361 g/mol. The van der Waals surface area contributed by atoms with Crippen LogP contribution in [0.15, 0.2) is 0 Å². The van der Waals surface area contributed by atoms with Gasteiger partial charge in [0.25, 0.3) is 0 Å². The average molecular weight is 399 g/mol. The standard InChI is InChI=1S/C18H37.BrH.Zn/c1-3-5-7-9-11-13-15-17-18-16-14-12-10-8-6-4-2;;/h1,3-18H2,2H3;1H;/q-1;;+2/p-1. The van der Waals surface area contributed by atoms with E-state index in [1.165, 1.54) is 113 Å². The maximum absolute atomic E-state index is 3.88. The van der Waals surface area contributed by atoms with E-state index >= 15 is 0 Å². The van der Waals surface area contributed by atoms with Crippen molar-refractivity contribution in [2.75, 3.05) is 0 Å². The second-order valence-corrected chi connectivity index (χ2v) is 5.80. The molecular formula is C18H37BrZn. The summed E-state index contributed by atoms with van der Waals surface area (Å²) >= 11 is 4.25. The van der Waals surface area contributed by atoms with Crippen molar-refractivity contribution in [2.24, 2.45) is 0 Å². The Morgan fingerprint density at radius 3 is 1.05 bits per heavy atom. The van der Waals surface area contributed by atoms with E-state index in [1.807, 2.05) is 0 Å². The fourth-order valence-electron chi connectivity index (χ4n) is 2.55. The van der Waals surface area contributed by atoms with Crippen molar-refractivity contribution in [3.63, 3.8) is 0 Å². The van der Waals surface area contributed by atoms with E-state index < -0.39 is 0 Å². The SMILES string of the molecule is [CH2-]CCCCCCCCCCCCCCCCC.[Zn+][Br]. The van der Waals surface area contributed by atoms with E-state index in [2.05, 4.69) is 27.5 Å². The molecule has 0 bridgehead atoms. The van der Waals surface area contributed by atoms with Gasteiger partial charge in [0.2, 0.25) is 0 Å². The number of halogens is 1. The van der Waals surface area contributed by atoms with Crippen LogP contribution >= 0.6 is 13.6 Å². The normalized spacial score (nSPS) is 10.2. The zero-order valence-electron chi connectivity index (χ0n) is 14.1. The maximum atomic E-state index is 3.88. The first-order valence-electron chi connectivity index (χ1n) is 8.97. The summed E-state index contributed by atoms with van der Waals surface area (Å²) in [4.78, 5) is 0. The summed E-state index contributed by atoms with van der Waals surface area (Å²) in [5.74, 6) is 0. The molecule has 118 valence electrons. The van der Waals surface area contributed by atoms with Crippen molar-refractivity contribution in [1.29, 1.82) is 0 Å². The Labute approximate surface area is 146 Å². The zero-order valence-corrected chi connectivity index (χ0v) is 18.7. The first-order valence-corrected chi connectivity index (χ1v) is 15.9. The molecule has 0 aromatic carbocycles. The molecule has 0 aromatic rings. The molecule has 0 amide bonds. The summed E-state index contributed by atoms with van der Waals surface area (Å²) in [6.07, 6.45) is 22.8. The van der Waals surface area contributed by atoms with Gasteiger partial charge in [-0.05, 0) is 0 Å². The predicted molar refractivity (Wildman–Crippen MR) is 93.8 cm³/mol. The molecule has 0 aromatic heterocycles. The fraction of sp³-hybridized carbons (Fsp3) is 0.944. The van der Waals surface area contributed by atoms with Gasteiger partial charge in [-0.1, -0.05) is 103 Å². The third-order valence-corrected chi connectivity index (χ3v) is 3.85. The molecule has 0 unspecified atom stereocenters. The van der Waals surface area contributed by atoms with Crippen LogP contribution in [0.4, 0.5) is 0 Å². The Morgan fingerprint density at radius 2 is 0.800 bits per heavy atom. The third-order valence-electron chi connectivity index (χ3n) is 3.85. The van der Waals surface area contributed by atoms with Crippen molar-refractivity contribution in [1.82, 2.24) is 0 Å². The molecule has 0 N–H and O–H groups in total. The molecule has 0 aliphatic heterocycles. The van der Waals surface area contributed by atoms with Crippen LogP contribution < -0.4 is 0 Å². The van der Waals surface area contributed by atoms with Gasteiger partial charge >= 0.3 is 30.0 Å². The molecule has 0 heterocycles. The Bertz CT molecular complexity index is 123. The predicted octanol–water partition coefficient (Wildman–Crippen LogP) is 7.93. The number of unbranched alkanes of at least 4 members (excludes halogenated alkanes) is 15. The summed E-state index contributed by atoms with van der Waals surface area (Å²) in [6.45, 7) is 6.18. The summed E-state index contributed by atoms with van der Waals surface area (Å²) in [5, 5.41) is 0. The van der Waals surface area contributed by atoms with E-state index in [1.54, 1.807) is 0 Å². The summed E-state index contributed by atoms with van der Waals surface area (Å²) < 4.78 is 0. The van der Waals surface area contributed by atoms with Crippen molar-refractivity contribution in [3.05, 3.63) is 6.92 Å². The molecule has 0 radical (unpaired) electrons. The average Bonchev–Trinajstić information content (AvgIpc) is 2.50. The first kappa shape index (κ1) is 23.4. The summed E-state index contributed by atoms with van der Waals surface area (Å²) in [6, 6.07) is 0. The van der Waals surface area contributed by atoms with Gasteiger partial charge in [-0.2, -0.15) is 6.42 Å². The van der Waals surface area contributed by atoms with Crippen LogP contribution in [0.1, 0.15) is 110 Å². The van der Waals surface area contributed by atoms with Gasteiger partial charge in [0.05, 0.1) is 0 Å². The zero-order chi connectivity index (χ0) is 15.3. The van der Waals surface area contributed by atoms with Gasteiger partial charge in [0.15, 0.2) is 0 Å². The van der Waals surface area contributed by atoms with Crippen molar-refractivity contribution in [2.45, 2.75) is 110 Å². The molecule has 0 fully saturated rings. The molecule has 0 aliphatic rings. The van der Waals surface area contributed by atoms with Crippen LogP contribution in [0.3, 0.4) is 0 Å². The Hall–Kier alpha value is 1.10. The molecule has 20 heavy (non-hydrogen) atoms. The molecule has 0 nitrogen and oxygen atoms in total. The minimum absolute atomic E-state index is 1.12.